The number of halogens is 2. The van der Waals surface area contributed by atoms with Crippen LogP contribution in [0.4, 0.5) is 5.69 Å². The second-order valence-corrected chi connectivity index (χ2v) is 5.47. The topological polar surface area (TPSA) is 78.2 Å². The molecule has 0 fully saturated rings. The van der Waals surface area contributed by atoms with Crippen LogP contribution >= 0.6 is 27.5 Å². The number of rotatable bonds is 5. The third kappa shape index (κ3) is 4.12. The van der Waals surface area contributed by atoms with E-state index in [1.54, 1.807) is 6.07 Å². The van der Waals surface area contributed by atoms with Crippen molar-refractivity contribution >= 4 is 33.2 Å². The average molecular weight is 373 g/mol. The summed E-state index contributed by atoms with van der Waals surface area (Å²) in [7, 11) is 0. The number of hydrogen-bond donors (Lipinski definition) is 0. The molecule has 1 aromatic heterocycles. The zero-order chi connectivity index (χ0) is 15.4. The number of ether oxygens (including phenoxy) is 1. The predicted octanol–water partition coefficient (Wildman–Crippen LogP) is 4.55. The Bertz CT molecular complexity index is 682. The summed E-state index contributed by atoms with van der Waals surface area (Å²) in [5.74, 6) is 0.823. The Morgan fingerprint density at radius 3 is 2.81 bits per heavy atom. The van der Waals surface area contributed by atoms with Crippen molar-refractivity contribution in [2.45, 2.75) is 19.8 Å². The van der Waals surface area contributed by atoms with Crippen LogP contribution in [0.1, 0.15) is 19.2 Å². The molecule has 1 aromatic carbocycles. The predicted molar refractivity (Wildman–Crippen MR) is 81.9 cm³/mol. The molecule has 110 valence electrons. The van der Waals surface area contributed by atoms with Gasteiger partial charge >= 0.3 is 5.69 Å². The number of nitro benzene ring substituents is 1. The Morgan fingerprint density at radius 1 is 1.38 bits per heavy atom. The van der Waals surface area contributed by atoms with Crippen LogP contribution in [-0.4, -0.2) is 14.9 Å². The van der Waals surface area contributed by atoms with Crippen LogP contribution in [0.15, 0.2) is 28.7 Å². The Balaban J connectivity index is 2.36. The van der Waals surface area contributed by atoms with Crippen molar-refractivity contribution < 1.29 is 9.66 Å². The Kier molecular flexibility index (Phi) is 5.08. The first-order valence-electron chi connectivity index (χ1n) is 6.15. The number of nitrogens with zero attached hydrogens (tertiary/aromatic N) is 3. The van der Waals surface area contributed by atoms with E-state index in [1.807, 2.05) is 6.92 Å². The molecule has 0 N–H and O–H groups in total. The summed E-state index contributed by atoms with van der Waals surface area (Å²) in [6.45, 7) is 1.99. The lowest BCUT2D eigenvalue weighted by molar-refractivity contribution is -0.385. The number of benzene rings is 1. The van der Waals surface area contributed by atoms with E-state index in [1.165, 1.54) is 18.2 Å². The molecule has 1 heterocycles. The molecule has 0 radical (unpaired) electrons. The van der Waals surface area contributed by atoms with Gasteiger partial charge in [0.15, 0.2) is 0 Å². The highest BCUT2D eigenvalue weighted by Crippen LogP contribution is 2.33. The first kappa shape index (κ1) is 15.7. The summed E-state index contributed by atoms with van der Waals surface area (Å²) in [5, 5.41) is 11.3. The molecule has 21 heavy (non-hydrogen) atoms. The zero-order valence-electron chi connectivity index (χ0n) is 11.0. The summed E-state index contributed by atoms with van der Waals surface area (Å²) >= 11 is 9.09. The van der Waals surface area contributed by atoms with Gasteiger partial charge in [-0.15, -0.1) is 0 Å². The maximum atomic E-state index is 11.0. The molecule has 2 aromatic rings. The van der Waals surface area contributed by atoms with Gasteiger partial charge in [-0.3, -0.25) is 10.1 Å². The molecule has 0 bridgehead atoms. The summed E-state index contributed by atoms with van der Waals surface area (Å²) in [5.41, 5.74) is -0.156. The molecule has 6 nitrogen and oxygen atoms in total. The summed E-state index contributed by atoms with van der Waals surface area (Å²) in [4.78, 5) is 18.8. The van der Waals surface area contributed by atoms with Crippen LogP contribution < -0.4 is 4.74 Å². The molecule has 0 amide bonds. The molecule has 0 aliphatic heterocycles. The summed E-state index contributed by atoms with van der Waals surface area (Å²) in [6, 6.07) is 5.94. The van der Waals surface area contributed by atoms with Gasteiger partial charge in [-0.25, -0.2) is 4.98 Å². The van der Waals surface area contributed by atoms with Gasteiger partial charge in [0, 0.05) is 23.0 Å². The lowest BCUT2D eigenvalue weighted by Gasteiger charge is -2.07. The Labute approximate surface area is 134 Å². The fraction of sp³-hybridized carbons (Fsp3) is 0.231. The van der Waals surface area contributed by atoms with Crippen molar-refractivity contribution in [3.05, 3.63) is 49.8 Å². The van der Waals surface area contributed by atoms with Crippen LogP contribution in [0.2, 0.25) is 5.15 Å². The van der Waals surface area contributed by atoms with E-state index in [2.05, 4.69) is 25.9 Å². The smallest absolute Gasteiger partial charge is 0.312 e. The fourth-order valence-corrected chi connectivity index (χ4v) is 2.20. The lowest BCUT2D eigenvalue weighted by Crippen LogP contribution is -1.99. The quantitative estimate of drug-likeness (QED) is 0.437. The monoisotopic (exact) mass is 371 g/mol. The number of aryl methyl sites for hydroxylation is 1. The lowest BCUT2D eigenvalue weighted by atomic mass is 10.3. The van der Waals surface area contributed by atoms with E-state index in [-0.39, 0.29) is 22.5 Å². The maximum Gasteiger partial charge on any atom is 0.312 e. The van der Waals surface area contributed by atoms with Crippen molar-refractivity contribution in [1.29, 1.82) is 0 Å². The van der Waals surface area contributed by atoms with Gasteiger partial charge in [-0.05, 0) is 18.6 Å². The third-order valence-electron chi connectivity index (χ3n) is 2.52. The van der Waals surface area contributed by atoms with Gasteiger partial charge in [0.05, 0.1) is 4.92 Å². The van der Waals surface area contributed by atoms with Gasteiger partial charge in [0.25, 0.3) is 0 Å². The standard InChI is InChI=1S/C13H11BrClN3O3/c1-2-3-12-16-11(15)7-13(17-12)21-10-5-4-8(14)6-9(10)18(19)20/h4-7H,2-3H2,1H3. The number of nitro groups is 1. The molecule has 8 heteroatoms. The van der Waals surface area contributed by atoms with E-state index in [9.17, 15) is 10.1 Å². The minimum Gasteiger partial charge on any atom is -0.432 e. The van der Waals surface area contributed by atoms with E-state index in [4.69, 9.17) is 16.3 Å². The van der Waals surface area contributed by atoms with Crippen LogP contribution in [-0.2, 0) is 6.42 Å². The van der Waals surface area contributed by atoms with Gasteiger partial charge in [0.1, 0.15) is 11.0 Å². The molecule has 2 rings (SSSR count). The second kappa shape index (κ2) is 6.82. The highest BCUT2D eigenvalue weighted by molar-refractivity contribution is 9.10. The SMILES string of the molecule is CCCc1nc(Cl)cc(Oc2ccc(Br)cc2[N+](=O)[O-])n1. The highest BCUT2D eigenvalue weighted by atomic mass is 79.9. The van der Waals surface area contributed by atoms with Crippen LogP contribution in [0, 0.1) is 10.1 Å². The fourth-order valence-electron chi connectivity index (χ4n) is 1.66. The molecule has 0 aliphatic carbocycles. The third-order valence-corrected chi connectivity index (χ3v) is 3.21. The largest absolute Gasteiger partial charge is 0.432 e. The second-order valence-electron chi connectivity index (χ2n) is 4.17. The Hall–Kier alpha value is -1.73. The minimum atomic E-state index is -0.518. The minimum absolute atomic E-state index is 0.0976. The van der Waals surface area contributed by atoms with Crippen LogP contribution in [0.3, 0.4) is 0 Å². The normalized spacial score (nSPS) is 10.4. The van der Waals surface area contributed by atoms with E-state index >= 15 is 0 Å². The average Bonchev–Trinajstić information content (AvgIpc) is 2.40. The van der Waals surface area contributed by atoms with Crippen molar-refractivity contribution in [3.63, 3.8) is 0 Å². The molecular formula is C13H11BrClN3O3. The van der Waals surface area contributed by atoms with Gasteiger partial charge in [0.2, 0.25) is 11.6 Å². The molecular weight excluding hydrogens is 362 g/mol. The zero-order valence-corrected chi connectivity index (χ0v) is 13.4. The molecule has 0 aliphatic rings. The summed E-state index contributed by atoms with van der Waals surface area (Å²) < 4.78 is 6.09. The molecule has 0 saturated carbocycles. The van der Waals surface area contributed by atoms with Gasteiger partial charge < -0.3 is 4.74 Å². The molecule has 0 spiro atoms. The van der Waals surface area contributed by atoms with Gasteiger partial charge in [-0.2, -0.15) is 4.98 Å². The van der Waals surface area contributed by atoms with Crippen LogP contribution in [0.5, 0.6) is 11.6 Å². The van der Waals surface area contributed by atoms with Crippen molar-refractivity contribution in [2.75, 3.05) is 0 Å². The van der Waals surface area contributed by atoms with Crippen LogP contribution in [0.25, 0.3) is 0 Å². The first-order valence-corrected chi connectivity index (χ1v) is 7.32. The number of hydrogen-bond acceptors (Lipinski definition) is 5. The summed E-state index contributed by atoms with van der Waals surface area (Å²) in [6.07, 6.45) is 1.51. The molecule has 0 unspecified atom stereocenters. The molecule has 0 atom stereocenters. The van der Waals surface area contributed by atoms with Gasteiger partial charge in [-0.1, -0.05) is 34.5 Å². The van der Waals surface area contributed by atoms with Crippen molar-refractivity contribution in [3.8, 4) is 11.6 Å². The van der Waals surface area contributed by atoms with E-state index < -0.39 is 4.92 Å². The molecule has 0 saturated heterocycles. The van der Waals surface area contributed by atoms with E-state index in [0.29, 0.717) is 16.7 Å². The maximum absolute atomic E-state index is 11.0. The van der Waals surface area contributed by atoms with E-state index in [0.717, 1.165) is 6.42 Å². The van der Waals surface area contributed by atoms with Crippen molar-refractivity contribution in [1.82, 2.24) is 9.97 Å². The Morgan fingerprint density at radius 2 is 2.14 bits per heavy atom. The number of aromatic nitrogens is 2. The van der Waals surface area contributed by atoms with Crippen molar-refractivity contribution in [2.24, 2.45) is 0 Å². The first-order chi connectivity index (χ1) is 9.99. The highest BCUT2D eigenvalue weighted by Gasteiger charge is 2.17.